The van der Waals surface area contributed by atoms with Crippen LogP contribution in [0.25, 0.3) is 0 Å². The van der Waals surface area contributed by atoms with Crippen molar-refractivity contribution in [1.29, 1.82) is 0 Å². The van der Waals surface area contributed by atoms with Gasteiger partial charge in [0.2, 0.25) is 21.8 Å². The molecule has 0 spiro atoms. The van der Waals surface area contributed by atoms with Crippen LogP contribution in [0, 0.1) is 13.8 Å². The highest BCUT2D eigenvalue weighted by Crippen LogP contribution is 2.21. The number of carbonyl (C=O) groups is 2. The number of anilines is 1. The predicted molar refractivity (Wildman–Crippen MR) is 152 cm³/mol. The molecule has 0 radical (unpaired) electrons. The summed E-state index contributed by atoms with van der Waals surface area (Å²) in [7, 11) is -3.78. The molecule has 2 amide bonds. The summed E-state index contributed by atoms with van der Waals surface area (Å²) in [5.74, 6) is -0.718. The van der Waals surface area contributed by atoms with E-state index in [-0.39, 0.29) is 12.5 Å². The van der Waals surface area contributed by atoms with Crippen LogP contribution in [0.5, 0.6) is 0 Å². The molecule has 0 aliphatic heterocycles. The summed E-state index contributed by atoms with van der Waals surface area (Å²) in [5, 5.41) is 2.94. The molecule has 0 aliphatic rings. The first-order valence-corrected chi connectivity index (χ1v) is 14.6. The third-order valence-corrected chi connectivity index (χ3v) is 7.37. The molecule has 1 atom stereocenters. The van der Waals surface area contributed by atoms with Gasteiger partial charge in [0.05, 0.1) is 11.9 Å². The number of hydrogen-bond donors (Lipinski definition) is 1. The molecule has 3 aromatic rings. The van der Waals surface area contributed by atoms with Gasteiger partial charge in [-0.25, -0.2) is 8.42 Å². The van der Waals surface area contributed by atoms with Crippen LogP contribution in [0.4, 0.5) is 5.69 Å². The lowest BCUT2D eigenvalue weighted by molar-refractivity contribution is -0.140. The van der Waals surface area contributed by atoms with Gasteiger partial charge >= 0.3 is 0 Å². The normalized spacial score (nSPS) is 12.0. The van der Waals surface area contributed by atoms with Gasteiger partial charge in [0.1, 0.15) is 12.6 Å². The highest BCUT2D eigenvalue weighted by atomic mass is 32.2. The Hall–Kier alpha value is -3.65. The number of amides is 2. The van der Waals surface area contributed by atoms with Crippen molar-refractivity contribution in [3.05, 3.63) is 101 Å². The standard InChI is InChI=1S/C30H37N3O4S/c1-5-17-31-30(35)28(20-25-13-7-6-8-14-25)32(21-26-15-9-11-23(2)18-26)29(34)22-33(38(4,36)37)27-16-10-12-24(3)19-27/h6-16,18-19,28H,5,17,20-22H2,1-4H3,(H,31,35). The average Bonchev–Trinajstić information content (AvgIpc) is 2.87. The highest BCUT2D eigenvalue weighted by molar-refractivity contribution is 7.92. The van der Waals surface area contributed by atoms with Crippen LogP contribution < -0.4 is 9.62 Å². The second-order valence-corrected chi connectivity index (χ2v) is 11.5. The molecular weight excluding hydrogens is 498 g/mol. The molecule has 8 heteroatoms. The zero-order valence-electron chi connectivity index (χ0n) is 22.6. The van der Waals surface area contributed by atoms with E-state index in [9.17, 15) is 18.0 Å². The quantitative estimate of drug-likeness (QED) is 0.376. The number of nitrogens with zero attached hydrogens (tertiary/aromatic N) is 2. The minimum atomic E-state index is -3.78. The maximum atomic E-state index is 14.0. The lowest BCUT2D eigenvalue weighted by atomic mass is 10.0. The van der Waals surface area contributed by atoms with Crippen molar-refractivity contribution < 1.29 is 18.0 Å². The van der Waals surface area contributed by atoms with Crippen LogP contribution in [0.15, 0.2) is 78.9 Å². The monoisotopic (exact) mass is 535 g/mol. The minimum absolute atomic E-state index is 0.170. The largest absolute Gasteiger partial charge is 0.354 e. The molecule has 7 nitrogen and oxygen atoms in total. The summed E-state index contributed by atoms with van der Waals surface area (Å²) in [6, 6.07) is 23.5. The van der Waals surface area contributed by atoms with Gasteiger partial charge in [-0.05, 0) is 49.1 Å². The van der Waals surface area contributed by atoms with E-state index in [1.165, 1.54) is 4.90 Å². The molecular formula is C30H37N3O4S. The van der Waals surface area contributed by atoms with E-state index in [1.54, 1.807) is 18.2 Å². The zero-order valence-corrected chi connectivity index (χ0v) is 23.4. The Morgan fingerprint density at radius 3 is 2.11 bits per heavy atom. The Labute approximate surface area is 226 Å². The van der Waals surface area contributed by atoms with Crippen molar-refractivity contribution in [2.45, 2.75) is 46.2 Å². The lowest BCUT2D eigenvalue weighted by Crippen LogP contribution is -2.53. The minimum Gasteiger partial charge on any atom is -0.354 e. The Balaban J connectivity index is 2.04. The van der Waals surface area contributed by atoms with Crippen molar-refractivity contribution in [3.63, 3.8) is 0 Å². The molecule has 38 heavy (non-hydrogen) atoms. The van der Waals surface area contributed by atoms with Crippen molar-refractivity contribution in [2.24, 2.45) is 0 Å². The zero-order chi connectivity index (χ0) is 27.7. The summed E-state index contributed by atoms with van der Waals surface area (Å²) >= 11 is 0. The molecule has 0 saturated heterocycles. The third-order valence-electron chi connectivity index (χ3n) is 6.22. The van der Waals surface area contributed by atoms with Crippen LogP contribution >= 0.6 is 0 Å². The van der Waals surface area contributed by atoms with Crippen molar-refractivity contribution in [1.82, 2.24) is 10.2 Å². The molecule has 0 heterocycles. The summed E-state index contributed by atoms with van der Waals surface area (Å²) in [4.78, 5) is 29.0. The number of sulfonamides is 1. The number of hydrogen-bond acceptors (Lipinski definition) is 4. The van der Waals surface area contributed by atoms with Crippen molar-refractivity contribution in [2.75, 3.05) is 23.7 Å². The average molecular weight is 536 g/mol. The van der Waals surface area contributed by atoms with Crippen molar-refractivity contribution in [3.8, 4) is 0 Å². The number of benzene rings is 3. The summed E-state index contributed by atoms with van der Waals surface area (Å²) in [6.07, 6.45) is 2.14. The van der Waals surface area contributed by atoms with Crippen LogP contribution in [-0.4, -0.2) is 50.5 Å². The number of aryl methyl sites for hydroxylation is 2. The van der Waals surface area contributed by atoms with Crippen LogP contribution in [0.3, 0.4) is 0 Å². The molecule has 1 unspecified atom stereocenters. The van der Waals surface area contributed by atoms with E-state index < -0.39 is 28.5 Å². The van der Waals surface area contributed by atoms with Gasteiger partial charge in [-0.3, -0.25) is 13.9 Å². The fraction of sp³-hybridized carbons (Fsp3) is 0.333. The second-order valence-electron chi connectivity index (χ2n) is 9.62. The molecule has 202 valence electrons. The Morgan fingerprint density at radius 1 is 0.868 bits per heavy atom. The SMILES string of the molecule is CCCNC(=O)C(Cc1ccccc1)N(Cc1cccc(C)c1)C(=O)CN(c1cccc(C)c1)S(C)(=O)=O. The van der Waals surface area contributed by atoms with Gasteiger partial charge in [-0.1, -0.05) is 79.2 Å². The topological polar surface area (TPSA) is 86.8 Å². The summed E-state index contributed by atoms with van der Waals surface area (Å²) in [6.45, 7) is 6.03. The molecule has 3 rings (SSSR count). The van der Waals surface area contributed by atoms with Gasteiger partial charge in [-0.2, -0.15) is 0 Å². The van der Waals surface area contributed by atoms with Gasteiger partial charge in [0.15, 0.2) is 0 Å². The van der Waals surface area contributed by atoms with Crippen LogP contribution in [0.1, 0.15) is 35.6 Å². The van der Waals surface area contributed by atoms with Crippen molar-refractivity contribution >= 4 is 27.5 Å². The van der Waals surface area contributed by atoms with E-state index in [1.807, 2.05) is 81.4 Å². The maximum absolute atomic E-state index is 14.0. The van der Waals surface area contributed by atoms with Gasteiger partial charge in [-0.15, -0.1) is 0 Å². The molecule has 1 N–H and O–H groups in total. The van der Waals surface area contributed by atoms with E-state index in [4.69, 9.17) is 0 Å². The lowest BCUT2D eigenvalue weighted by Gasteiger charge is -2.33. The molecule has 3 aromatic carbocycles. The summed E-state index contributed by atoms with van der Waals surface area (Å²) < 4.78 is 26.7. The van der Waals surface area contributed by atoms with Gasteiger partial charge in [0, 0.05) is 19.5 Å². The number of carbonyl (C=O) groups excluding carboxylic acids is 2. The summed E-state index contributed by atoms with van der Waals surface area (Å²) in [5.41, 5.74) is 4.08. The third kappa shape index (κ3) is 8.18. The fourth-order valence-electron chi connectivity index (χ4n) is 4.32. The Kier molecular flexibility index (Phi) is 10.1. The highest BCUT2D eigenvalue weighted by Gasteiger charge is 2.32. The van der Waals surface area contributed by atoms with Crippen LogP contribution in [-0.2, 0) is 32.6 Å². The first kappa shape index (κ1) is 28.9. The van der Waals surface area contributed by atoms with E-state index in [0.717, 1.165) is 39.2 Å². The molecule has 0 aliphatic carbocycles. The molecule has 0 saturated carbocycles. The molecule has 0 fully saturated rings. The maximum Gasteiger partial charge on any atom is 0.244 e. The Bertz CT molecular complexity index is 1340. The van der Waals surface area contributed by atoms with E-state index >= 15 is 0 Å². The number of rotatable bonds is 12. The smallest absolute Gasteiger partial charge is 0.244 e. The van der Waals surface area contributed by atoms with Gasteiger partial charge < -0.3 is 10.2 Å². The first-order chi connectivity index (χ1) is 18.1. The predicted octanol–water partition coefficient (Wildman–Crippen LogP) is 4.24. The molecule has 0 aromatic heterocycles. The number of nitrogens with one attached hydrogen (secondary N) is 1. The molecule has 0 bridgehead atoms. The first-order valence-electron chi connectivity index (χ1n) is 12.8. The Morgan fingerprint density at radius 2 is 1.50 bits per heavy atom. The second kappa shape index (κ2) is 13.2. The fourth-order valence-corrected chi connectivity index (χ4v) is 5.17. The van der Waals surface area contributed by atoms with Crippen LogP contribution in [0.2, 0.25) is 0 Å². The van der Waals surface area contributed by atoms with E-state index in [2.05, 4.69) is 5.32 Å². The van der Waals surface area contributed by atoms with E-state index in [0.29, 0.717) is 18.7 Å². The van der Waals surface area contributed by atoms with Gasteiger partial charge in [0.25, 0.3) is 0 Å².